The van der Waals surface area contributed by atoms with Crippen LogP contribution in [0, 0.1) is 12.8 Å². The number of benzene rings is 1. The lowest BCUT2D eigenvalue weighted by molar-refractivity contribution is -0.136. The number of hydrogen-bond acceptors (Lipinski definition) is 6. The molecular weight excluding hydrogens is 425 g/mol. The quantitative estimate of drug-likeness (QED) is 0.653. The zero-order valence-electron chi connectivity index (χ0n) is 17.0. The molecule has 1 amide bonds. The number of carbonyl (C=O) groups is 1. The Labute approximate surface area is 188 Å². The Kier molecular flexibility index (Phi) is 8.00. The number of aryl methyl sites for hydroxylation is 1. The van der Waals surface area contributed by atoms with Crippen molar-refractivity contribution in [2.24, 2.45) is 11.7 Å². The summed E-state index contributed by atoms with van der Waals surface area (Å²) in [5.41, 5.74) is 8.24. The van der Waals surface area contributed by atoms with Crippen LogP contribution in [0.3, 0.4) is 0 Å². The Morgan fingerprint density at radius 1 is 1.10 bits per heavy atom. The molecular formula is C20H27Cl2N7O. The molecule has 3 heterocycles. The molecule has 0 aliphatic carbocycles. The normalized spacial score (nSPS) is 15.8. The second-order valence-corrected chi connectivity index (χ2v) is 7.27. The maximum Gasteiger partial charge on any atom is 0.254 e. The number of piperazine rings is 1. The number of nitrogens with zero attached hydrogens (tertiary/aromatic N) is 6. The fourth-order valence-corrected chi connectivity index (χ4v) is 3.70. The van der Waals surface area contributed by atoms with E-state index in [-0.39, 0.29) is 42.7 Å². The summed E-state index contributed by atoms with van der Waals surface area (Å²) in [6.45, 7) is 6.64. The van der Waals surface area contributed by atoms with Gasteiger partial charge in [0.2, 0.25) is 5.91 Å². The average Bonchev–Trinajstić information content (AvgIpc) is 3.20. The fraction of sp³-hybridized carbons (Fsp3) is 0.400. The van der Waals surface area contributed by atoms with Crippen molar-refractivity contribution in [3.05, 3.63) is 54.0 Å². The molecule has 1 aromatic carbocycles. The summed E-state index contributed by atoms with van der Waals surface area (Å²) in [7, 11) is 0. The van der Waals surface area contributed by atoms with E-state index in [4.69, 9.17) is 5.73 Å². The maximum atomic E-state index is 13.0. The second kappa shape index (κ2) is 10.1. The van der Waals surface area contributed by atoms with Crippen molar-refractivity contribution in [3.8, 4) is 0 Å². The number of aromatic nitrogens is 4. The summed E-state index contributed by atoms with van der Waals surface area (Å²) in [6.07, 6.45) is 1.51. The lowest BCUT2D eigenvalue weighted by atomic mass is 9.94. The van der Waals surface area contributed by atoms with E-state index in [1.807, 2.05) is 55.1 Å². The van der Waals surface area contributed by atoms with Gasteiger partial charge >= 0.3 is 0 Å². The Hall–Kier alpha value is -2.42. The summed E-state index contributed by atoms with van der Waals surface area (Å²) < 4.78 is 1.75. The number of nitrogens with two attached hydrogens (primary N) is 1. The zero-order valence-corrected chi connectivity index (χ0v) is 18.6. The highest BCUT2D eigenvalue weighted by atomic mass is 35.5. The van der Waals surface area contributed by atoms with Crippen molar-refractivity contribution < 1.29 is 4.79 Å². The largest absolute Gasteiger partial charge is 0.353 e. The SMILES string of the molecule is Cc1cc(N2CCN(C(=O)C(C)C(N)c3ccccc3)CC2)n2ncnc2n1.Cl.Cl. The molecule has 0 radical (unpaired) electrons. The number of anilines is 1. The topological polar surface area (TPSA) is 92.7 Å². The maximum absolute atomic E-state index is 13.0. The molecule has 1 aliphatic heterocycles. The zero-order chi connectivity index (χ0) is 19.7. The van der Waals surface area contributed by atoms with Gasteiger partial charge in [0.15, 0.2) is 0 Å². The lowest BCUT2D eigenvalue weighted by Gasteiger charge is -2.37. The predicted molar refractivity (Wildman–Crippen MR) is 121 cm³/mol. The molecule has 2 aromatic heterocycles. The van der Waals surface area contributed by atoms with Crippen LogP contribution in [0.5, 0.6) is 0 Å². The monoisotopic (exact) mass is 451 g/mol. The summed E-state index contributed by atoms with van der Waals surface area (Å²) in [5, 5.41) is 4.28. The van der Waals surface area contributed by atoms with Gasteiger partial charge in [0.25, 0.3) is 5.78 Å². The molecule has 1 saturated heterocycles. The summed E-state index contributed by atoms with van der Waals surface area (Å²) in [6, 6.07) is 11.5. The molecule has 0 spiro atoms. The number of halogens is 2. The van der Waals surface area contributed by atoms with E-state index < -0.39 is 0 Å². The standard InChI is InChI=1S/C20H25N7O.2ClH/c1-14-12-17(27-20(24-14)22-13-23-27)25-8-10-26(11-9-25)19(28)15(2)18(21)16-6-4-3-5-7-16;;/h3-7,12-13,15,18H,8-11,21H2,1-2H3;2*1H. The highest BCUT2D eigenvalue weighted by Gasteiger charge is 2.29. The van der Waals surface area contributed by atoms with Crippen LogP contribution in [-0.4, -0.2) is 56.6 Å². The predicted octanol–water partition coefficient (Wildman–Crippen LogP) is 2.26. The third-order valence-electron chi connectivity index (χ3n) is 5.39. The van der Waals surface area contributed by atoms with Gasteiger partial charge in [0.1, 0.15) is 12.1 Å². The van der Waals surface area contributed by atoms with Crippen LogP contribution >= 0.6 is 24.8 Å². The molecule has 2 atom stereocenters. The van der Waals surface area contributed by atoms with E-state index >= 15 is 0 Å². The smallest absolute Gasteiger partial charge is 0.254 e. The Morgan fingerprint density at radius 2 is 1.77 bits per heavy atom. The number of fused-ring (bicyclic) bond motifs is 1. The van der Waals surface area contributed by atoms with Crippen molar-refractivity contribution in [1.29, 1.82) is 0 Å². The van der Waals surface area contributed by atoms with Crippen LogP contribution in [0.4, 0.5) is 5.82 Å². The molecule has 1 aliphatic rings. The van der Waals surface area contributed by atoms with E-state index in [9.17, 15) is 4.79 Å². The molecule has 3 aromatic rings. The lowest BCUT2D eigenvalue weighted by Crippen LogP contribution is -2.51. The molecule has 0 saturated carbocycles. The van der Waals surface area contributed by atoms with Gasteiger partial charge in [-0.05, 0) is 12.5 Å². The molecule has 4 rings (SSSR count). The van der Waals surface area contributed by atoms with Crippen molar-refractivity contribution in [1.82, 2.24) is 24.5 Å². The van der Waals surface area contributed by atoms with Gasteiger partial charge < -0.3 is 15.5 Å². The van der Waals surface area contributed by atoms with Crippen molar-refractivity contribution >= 4 is 42.3 Å². The van der Waals surface area contributed by atoms with Crippen LogP contribution in [0.2, 0.25) is 0 Å². The van der Waals surface area contributed by atoms with Crippen molar-refractivity contribution in [2.45, 2.75) is 19.9 Å². The van der Waals surface area contributed by atoms with Gasteiger partial charge in [-0.1, -0.05) is 37.3 Å². The highest BCUT2D eigenvalue weighted by molar-refractivity contribution is 5.85. The second-order valence-electron chi connectivity index (χ2n) is 7.27. The van der Waals surface area contributed by atoms with Gasteiger partial charge in [-0.3, -0.25) is 4.79 Å². The van der Waals surface area contributed by atoms with Gasteiger partial charge in [-0.15, -0.1) is 24.8 Å². The van der Waals surface area contributed by atoms with Gasteiger partial charge in [-0.2, -0.15) is 14.6 Å². The molecule has 1 fully saturated rings. The van der Waals surface area contributed by atoms with E-state index in [1.165, 1.54) is 6.33 Å². The number of hydrogen-bond donors (Lipinski definition) is 1. The van der Waals surface area contributed by atoms with Crippen molar-refractivity contribution in [2.75, 3.05) is 31.1 Å². The first-order chi connectivity index (χ1) is 13.5. The van der Waals surface area contributed by atoms with Crippen LogP contribution < -0.4 is 10.6 Å². The number of carbonyl (C=O) groups excluding carboxylic acids is 1. The number of amides is 1. The van der Waals surface area contributed by atoms with Crippen LogP contribution in [0.15, 0.2) is 42.7 Å². The van der Waals surface area contributed by atoms with E-state index in [2.05, 4.69) is 20.0 Å². The van der Waals surface area contributed by atoms with Gasteiger partial charge in [-0.25, -0.2) is 4.98 Å². The van der Waals surface area contributed by atoms with Crippen LogP contribution in [-0.2, 0) is 4.79 Å². The van der Waals surface area contributed by atoms with Crippen LogP contribution in [0.25, 0.3) is 5.78 Å². The molecule has 162 valence electrons. The molecule has 2 N–H and O–H groups in total. The summed E-state index contributed by atoms with van der Waals surface area (Å²) in [5.74, 6) is 1.39. The average molecular weight is 452 g/mol. The minimum Gasteiger partial charge on any atom is -0.353 e. The van der Waals surface area contributed by atoms with E-state index in [0.717, 1.165) is 30.2 Å². The third kappa shape index (κ3) is 4.66. The first-order valence-corrected chi connectivity index (χ1v) is 9.56. The number of rotatable bonds is 4. The Balaban J connectivity index is 0.00000160. The Bertz CT molecular complexity index is 974. The van der Waals surface area contributed by atoms with Crippen molar-refractivity contribution in [3.63, 3.8) is 0 Å². The molecule has 30 heavy (non-hydrogen) atoms. The van der Waals surface area contributed by atoms with Crippen LogP contribution in [0.1, 0.15) is 24.2 Å². The molecule has 8 nitrogen and oxygen atoms in total. The van der Waals surface area contributed by atoms with E-state index in [0.29, 0.717) is 18.9 Å². The summed E-state index contributed by atoms with van der Waals surface area (Å²) in [4.78, 5) is 25.7. The molecule has 10 heteroatoms. The van der Waals surface area contributed by atoms with Gasteiger partial charge in [0.05, 0.1) is 5.92 Å². The first-order valence-electron chi connectivity index (χ1n) is 9.56. The molecule has 2 unspecified atom stereocenters. The minimum absolute atomic E-state index is 0. The highest BCUT2D eigenvalue weighted by Crippen LogP contribution is 2.23. The van der Waals surface area contributed by atoms with E-state index in [1.54, 1.807) is 4.52 Å². The minimum atomic E-state index is -0.302. The summed E-state index contributed by atoms with van der Waals surface area (Å²) >= 11 is 0. The fourth-order valence-electron chi connectivity index (χ4n) is 3.70. The third-order valence-corrected chi connectivity index (χ3v) is 5.39. The molecule has 0 bridgehead atoms. The first kappa shape index (κ1) is 23.9. The Morgan fingerprint density at radius 3 is 2.43 bits per heavy atom. The van der Waals surface area contributed by atoms with Gasteiger partial charge in [0, 0.05) is 44.0 Å².